The van der Waals surface area contributed by atoms with E-state index in [1.54, 1.807) is 6.20 Å². The van der Waals surface area contributed by atoms with E-state index in [1.807, 2.05) is 10.9 Å². The van der Waals surface area contributed by atoms with Crippen molar-refractivity contribution in [3.63, 3.8) is 0 Å². The molecule has 0 spiro atoms. The van der Waals surface area contributed by atoms with E-state index in [0.29, 0.717) is 17.9 Å². The van der Waals surface area contributed by atoms with E-state index in [-0.39, 0.29) is 6.61 Å². The maximum absolute atomic E-state index is 10.1. The number of hydrogen-bond acceptors (Lipinski definition) is 4. The van der Waals surface area contributed by atoms with Gasteiger partial charge in [-0.05, 0) is 25.8 Å². The van der Waals surface area contributed by atoms with Gasteiger partial charge >= 0.3 is 0 Å². The highest BCUT2D eigenvalue weighted by Gasteiger charge is 2.29. The van der Waals surface area contributed by atoms with Crippen LogP contribution in [0.25, 0.3) is 0 Å². The summed E-state index contributed by atoms with van der Waals surface area (Å²) in [5.74, 6) is 0. The van der Waals surface area contributed by atoms with E-state index < -0.39 is 5.60 Å². The number of hydrogen-bond donors (Lipinski definition) is 2. The average molecular weight is 274 g/mol. The van der Waals surface area contributed by atoms with Crippen molar-refractivity contribution in [3.8, 4) is 0 Å². The molecule has 102 valence electrons. The van der Waals surface area contributed by atoms with Gasteiger partial charge in [0, 0.05) is 19.3 Å². The van der Waals surface area contributed by atoms with Crippen LogP contribution >= 0.6 is 11.6 Å². The molecule has 1 aliphatic heterocycles. The number of rotatable bonds is 4. The van der Waals surface area contributed by atoms with Crippen LogP contribution in [0.3, 0.4) is 0 Å². The third-order valence-electron chi connectivity index (χ3n) is 3.55. The lowest BCUT2D eigenvalue weighted by Crippen LogP contribution is -2.35. The van der Waals surface area contributed by atoms with Crippen molar-refractivity contribution in [2.45, 2.75) is 31.4 Å². The molecule has 0 saturated carbocycles. The Kier molecular flexibility index (Phi) is 4.61. The van der Waals surface area contributed by atoms with Gasteiger partial charge in [0.1, 0.15) is 0 Å². The Labute approximate surface area is 112 Å². The summed E-state index contributed by atoms with van der Waals surface area (Å²) in [6, 6.07) is 0. The Morgan fingerprint density at radius 3 is 2.83 bits per heavy atom. The van der Waals surface area contributed by atoms with E-state index >= 15 is 0 Å². The summed E-state index contributed by atoms with van der Waals surface area (Å²) in [7, 11) is 0. The maximum Gasteiger partial charge on any atom is 0.0890 e. The highest BCUT2D eigenvalue weighted by Crippen LogP contribution is 2.21. The second-order valence-corrected chi connectivity index (χ2v) is 5.44. The van der Waals surface area contributed by atoms with Crippen molar-refractivity contribution < 1.29 is 10.2 Å². The average Bonchev–Trinajstić information content (AvgIpc) is 2.68. The number of likely N-dealkylation sites (tertiary alicyclic amines) is 1. The van der Waals surface area contributed by atoms with Gasteiger partial charge in [-0.1, -0.05) is 11.6 Å². The van der Waals surface area contributed by atoms with Crippen LogP contribution in [-0.4, -0.2) is 56.7 Å². The molecular weight excluding hydrogens is 254 g/mol. The molecule has 0 aliphatic carbocycles. The van der Waals surface area contributed by atoms with Gasteiger partial charge in [0.2, 0.25) is 0 Å². The summed E-state index contributed by atoms with van der Waals surface area (Å²) in [6.45, 7) is 3.31. The molecule has 1 aromatic rings. The van der Waals surface area contributed by atoms with Gasteiger partial charge < -0.3 is 15.1 Å². The van der Waals surface area contributed by atoms with Gasteiger partial charge in [0.25, 0.3) is 0 Å². The first-order chi connectivity index (χ1) is 8.61. The molecule has 0 aromatic carbocycles. The molecule has 1 aromatic heterocycles. The molecular formula is C12H20ClN3O2. The van der Waals surface area contributed by atoms with Crippen LogP contribution in [0.5, 0.6) is 0 Å². The van der Waals surface area contributed by atoms with Crippen LogP contribution in [0.4, 0.5) is 0 Å². The van der Waals surface area contributed by atoms with Crippen molar-refractivity contribution >= 4 is 11.6 Å². The lowest BCUT2D eigenvalue weighted by molar-refractivity contribution is -0.0254. The second kappa shape index (κ2) is 6.02. The summed E-state index contributed by atoms with van der Waals surface area (Å²) < 4.78 is 1.82. The van der Waals surface area contributed by atoms with E-state index in [2.05, 4.69) is 10.00 Å². The topological polar surface area (TPSA) is 61.5 Å². The molecule has 1 saturated heterocycles. The zero-order valence-electron chi connectivity index (χ0n) is 10.4. The molecule has 2 N–H and O–H groups in total. The molecule has 1 aliphatic rings. The molecule has 1 unspecified atom stereocenters. The fourth-order valence-corrected chi connectivity index (χ4v) is 2.48. The normalized spacial score (nSPS) is 26.2. The van der Waals surface area contributed by atoms with Gasteiger partial charge in [0.05, 0.1) is 30.0 Å². The Balaban J connectivity index is 1.80. The standard InChI is InChI=1S/C12H20ClN3O2/c13-11-8-14-16(9-11)7-6-15-4-1-2-12(18,10-17)3-5-15/h8-9,17-18H,1-7,10H2. The summed E-state index contributed by atoms with van der Waals surface area (Å²) in [6.07, 6.45) is 5.66. The molecule has 0 bridgehead atoms. The zero-order chi connectivity index (χ0) is 13.0. The van der Waals surface area contributed by atoms with E-state index in [9.17, 15) is 10.2 Å². The zero-order valence-corrected chi connectivity index (χ0v) is 11.2. The van der Waals surface area contributed by atoms with Gasteiger partial charge in [-0.2, -0.15) is 5.10 Å². The smallest absolute Gasteiger partial charge is 0.0890 e. The predicted molar refractivity (Wildman–Crippen MR) is 69.6 cm³/mol. The summed E-state index contributed by atoms with van der Waals surface area (Å²) in [5.41, 5.74) is -0.885. The first-order valence-electron chi connectivity index (χ1n) is 6.35. The number of aliphatic hydroxyl groups is 2. The van der Waals surface area contributed by atoms with Gasteiger partial charge in [-0.25, -0.2) is 0 Å². The van der Waals surface area contributed by atoms with Crippen molar-refractivity contribution in [1.29, 1.82) is 0 Å². The molecule has 1 atom stereocenters. The monoisotopic (exact) mass is 273 g/mol. The Morgan fingerprint density at radius 2 is 2.17 bits per heavy atom. The highest BCUT2D eigenvalue weighted by atomic mass is 35.5. The van der Waals surface area contributed by atoms with Crippen molar-refractivity contribution in [3.05, 3.63) is 17.4 Å². The number of nitrogens with zero attached hydrogens (tertiary/aromatic N) is 3. The van der Waals surface area contributed by atoms with E-state index in [1.165, 1.54) is 0 Å². The van der Waals surface area contributed by atoms with Gasteiger partial charge in [-0.15, -0.1) is 0 Å². The minimum atomic E-state index is -0.885. The summed E-state index contributed by atoms with van der Waals surface area (Å²) in [4.78, 5) is 2.29. The lowest BCUT2D eigenvalue weighted by atomic mass is 9.96. The fraction of sp³-hybridized carbons (Fsp3) is 0.750. The van der Waals surface area contributed by atoms with Crippen LogP contribution in [0.1, 0.15) is 19.3 Å². The van der Waals surface area contributed by atoms with Crippen LogP contribution in [0.2, 0.25) is 5.02 Å². The first-order valence-corrected chi connectivity index (χ1v) is 6.73. The predicted octanol–water partition coefficient (Wildman–Crippen LogP) is 0.746. The molecule has 0 radical (unpaired) electrons. The Hall–Kier alpha value is -0.620. The van der Waals surface area contributed by atoms with Gasteiger partial charge in [-0.3, -0.25) is 4.68 Å². The molecule has 2 rings (SSSR count). The van der Waals surface area contributed by atoms with Crippen LogP contribution in [0, 0.1) is 0 Å². The number of aliphatic hydroxyl groups excluding tert-OH is 1. The maximum atomic E-state index is 10.1. The fourth-order valence-electron chi connectivity index (χ4n) is 2.32. The third-order valence-corrected chi connectivity index (χ3v) is 3.75. The highest BCUT2D eigenvalue weighted by molar-refractivity contribution is 6.30. The largest absolute Gasteiger partial charge is 0.393 e. The summed E-state index contributed by atoms with van der Waals surface area (Å²) >= 11 is 5.81. The number of halogens is 1. The molecule has 2 heterocycles. The SMILES string of the molecule is OCC1(O)CCCN(CCn2cc(Cl)cn2)CC1. The van der Waals surface area contributed by atoms with Crippen molar-refractivity contribution in [2.24, 2.45) is 0 Å². The van der Waals surface area contributed by atoms with E-state index in [0.717, 1.165) is 32.6 Å². The van der Waals surface area contributed by atoms with Crippen LogP contribution < -0.4 is 0 Å². The Morgan fingerprint density at radius 1 is 1.33 bits per heavy atom. The molecule has 1 fully saturated rings. The molecule has 0 amide bonds. The number of aromatic nitrogens is 2. The lowest BCUT2D eigenvalue weighted by Gasteiger charge is -2.24. The Bertz CT molecular complexity index is 385. The quantitative estimate of drug-likeness (QED) is 0.850. The molecule has 5 nitrogen and oxygen atoms in total. The van der Waals surface area contributed by atoms with E-state index in [4.69, 9.17) is 11.6 Å². The molecule has 18 heavy (non-hydrogen) atoms. The summed E-state index contributed by atoms with van der Waals surface area (Å²) in [5, 5.41) is 24.0. The van der Waals surface area contributed by atoms with Crippen LogP contribution in [-0.2, 0) is 6.54 Å². The minimum Gasteiger partial charge on any atom is -0.393 e. The van der Waals surface area contributed by atoms with Crippen LogP contribution in [0.15, 0.2) is 12.4 Å². The van der Waals surface area contributed by atoms with Crippen molar-refractivity contribution in [2.75, 3.05) is 26.2 Å². The van der Waals surface area contributed by atoms with Crippen molar-refractivity contribution in [1.82, 2.24) is 14.7 Å². The first kappa shape index (κ1) is 13.8. The van der Waals surface area contributed by atoms with Gasteiger partial charge in [0.15, 0.2) is 0 Å². The minimum absolute atomic E-state index is 0.143. The third kappa shape index (κ3) is 3.68. The second-order valence-electron chi connectivity index (χ2n) is 5.00. The molecule has 6 heteroatoms.